The number of aliphatic hydroxyl groups is 2. The van der Waals surface area contributed by atoms with Gasteiger partial charge in [-0.05, 0) is 48.1 Å². The van der Waals surface area contributed by atoms with Gasteiger partial charge in [-0.1, -0.05) is 62.7 Å². The molecule has 0 heterocycles. The second kappa shape index (κ2) is 26.9. The molecule has 2 aromatic carbocycles. The zero-order valence-electron chi connectivity index (χ0n) is 34.8. The number of carboxylic acid groups (broad SMARTS) is 1. The molecule has 0 fully saturated rings. The van der Waals surface area contributed by atoms with Crippen LogP contribution in [-0.2, 0) is 49.6 Å². The number of aliphatic hydroxyl groups excluding tert-OH is 2. The van der Waals surface area contributed by atoms with Gasteiger partial charge in [0.1, 0.15) is 30.2 Å². The fraction of sp³-hybridized carbons (Fsp3) is 0.525. The van der Waals surface area contributed by atoms with Gasteiger partial charge in [0.15, 0.2) is 0 Å². The van der Waals surface area contributed by atoms with Crippen molar-refractivity contribution in [3.8, 4) is 0 Å². The summed E-state index contributed by atoms with van der Waals surface area (Å²) in [5.74, 6) is -9.59. The maximum Gasteiger partial charge on any atom is 0.305 e. The number of rotatable bonds is 28. The van der Waals surface area contributed by atoms with E-state index in [1.807, 2.05) is 12.1 Å². The summed E-state index contributed by atoms with van der Waals surface area (Å²) in [5.41, 5.74) is 17.4. The first kappa shape index (κ1) is 51.9. The number of carboxylic acids is 1. The fourth-order valence-corrected chi connectivity index (χ4v) is 5.97. The van der Waals surface area contributed by atoms with E-state index in [0.29, 0.717) is 31.4 Å². The Morgan fingerprint density at radius 1 is 0.661 bits per heavy atom. The number of amides is 8. The number of hydrogen-bond donors (Lipinski definition) is 13. The lowest BCUT2D eigenvalue weighted by atomic mass is 10.00. The van der Waals surface area contributed by atoms with Crippen LogP contribution in [0.25, 0.3) is 10.8 Å². The van der Waals surface area contributed by atoms with Gasteiger partial charge < -0.3 is 69.7 Å². The van der Waals surface area contributed by atoms with Crippen LogP contribution >= 0.6 is 0 Å². The van der Waals surface area contributed by atoms with Crippen LogP contribution in [0.4, 0.5) is 0 Å². The molecule has 0 aromatic heterocycles. The first-order valence-electron chi connectivity index (χ1n) is 20.1. The summed E-state index contributed by atoms with van der Waals surface area (Å²) in [5, 5.41) is 46.8. The van der Waals surface area contributed by atoms with E-state index in [9.17, 15) is 53.4 Å². The van der Waals surface area contributed by atoms with Gasteiger partial charge in [0.2, 0.25) is 47.3 Å². The van der Waals surface area contributed by atoms with Crippen molar-refractivity contribution >= 4 is 64.0 Å². The van der Waals surface area contributed by atoms with Crippen LogP contribution in [0.15, 0.2) is 42.5 Å². The molecule has 0 radical (unpaired) electrons. The van der Waals surface area contributed by atoms with Crippen LogP contribution in [0.2, 0.25) is 0 Å². The molecule has 6 atom stereocenters. The Morgan fingerprint density at radius 3 is 1.84 bits per heavy atom. The smallest absolute Gasteiger partial charge is 0.305 e. The molecule has 342 valence electrons. The van der Waals surface area contributed by atoms with Gasteiger partial charge in [0.25, 0.3) is 0 Å². The van der Waals surface area contributed by atoms with Crippen molar-refractivity contribution in [2.45, 2.75) is 95.0 Å². The van der Waals surface area contributed by atoms with Gasteiger partial charge in [-0.25, -0.2) is 0 Å². The molecule has 0 aliphatic carbocycles. The second-order valence-corrected chi connectivity index (χ2v) is 14.8. The second-order valence-electron chi connectivity index (χ2n) is 14.8. The molecule has 0 saturated carbocycles. The molecule has 0 aliphatic rings. The van der Waals surface area contributed by atoms with E-state index >= 15 is 0 Å². The largest absolute Gasteiger partial charge is 0.481 e. The van der Waals surface area contributed by atoms with Gasteiger partial charge in [0, 0.05) is 19.6 Å². The summed E-state index contributed by atoms with van der Waals surface area (Å²) in [7, 11) is 0. The third-order valence-electron chi connectivity index (χ3n) is 9.39. The number of aliphatic carboxylic acids is 1. The molecular formula is C40H60N10O12. The summed E-state index contributed by atoms with van der Waals surface area (Å²) in [4.78, 5) is 116. The maximum atomic E-state index is 14.0. The summed E-state index contributed by atoms with van der Waals surface area (Å²) >= 11 is 0. The van der Waals surface area contributed by atoms with Crippen LogP contribution < -0.4 is 54.4 Å². The van der Waals surface area contributed by atoms with E-state index in [1.165, 1.54) is 0 Å². The van der Waals surface area contributed by atoms with Gasteiger partial charge in [0.05, 0.1) is 32.0 Å². The minimum atomic E-state index is -1.80. The van der Waals surface area contributed by atoms with Crippen LogP contribution in [0.3, 0.4) is 0 Å². The Kier molecular flexibility index (Phi) is 22.5. The maximum absolute atomic E-state index is 14.0. The number of hydrogen-bond acceptors (Lipinski definition) is 13. The molecule has 8 amide bonds. The van der Waals surface area contributed by atoms with Crippen molar-refractivity contribution in [2.24, 2.45) is 23.1 Å². The standard InChI is InChI=1S/C40H60N10O12/c1-22(2)34(40(62)45-20-32(54)44-14-7-15-51)50-39(61)30(21-52)49-37(59)28(18-31(43)53)48-36(58)27(17-23-11-12-24-8-3-4-9-25(24)16-23)47-38(60)29(19-33(55)56)46-35(57)26(42)10-5-6-13-41/h3-4,8-9,11-12,16,22,26-30,34,51-52H,5-7,10,13-15,17-21,41-42H2,1-2H3,(H2,43,53)(H,44,54)(H,45,62)(H,46,57)(H,47,60)(H,48,58)(H,49,59)(H,50,61)(H,55,56). The lowest BCUT2D eigenvalue weighted by Gasteiger charge is -2.27. The van der Waals surface area contributed by atoms with Gasteiger partial charge >= 0.3 is 5.97 Å². The Bertz CT molecular complexity index is 1880. The van der Waals surface area contributed by atoms with Crippen molar-refractivity contribution in [1.29, 1.82) is 0 Å². The molecule has 2 aromatic rings. The highest BCUT2D eigenvalue weighted by molar-refractivity contribution is 5.99. The molecule has 22 heteroatoms. The number of benzene rings is 2. The zero-order valence-corrected chi connectivity index (χ0v) is 34.8. The summed E-state index contributed by atoms with van der Waals surface area (Å²) in [6.07, 6.45) is -0.413. The number of fused-ring (bicyclic) bond motifs is 1. The first-order valence-corrected chi connectivity index (χ1v) is 20.1. The van der Waals surface area contributed by atoms with Crippen molar-refractivity contribution in [3.05, 3.63) is 48.0 Å². The Morgan fingerprint density at radius 2 is 1.24 bits per heavy atom. The molecule has 0 bridgehead atoms. The Balaban J connectivity index is 2.35. The minimum absolute atomic E-state index is 0.150. The molecule has 16 N–H and O–H groups in total. The predicted molar refractivity (Wildman–Crippen MR) is 224 cm³/mol. The lowest BCUT2D eigenvalue weighted by molar-refractivity contribution is -0.141. The molecule has 0 saturated heterocycles. The number of carbonyl (C=O) groups is 9. The number of unbranched alkanes of at least 4 members (excludes halogenated alkanes) is 1. The molecule has 0 aliphatic heterocycles. The predicted octanol–water partition coefficient (Wildman–Crippen LogP) is -4.12. The first-order chi connectivity index (χ1) is 29.4. The molecule has 0 spiro atoms. The van der Waals surface area contributed by atoms with Gasteiger partial charge in [-0.2, -0.15) is 0 Å². The Labute approximate surface area is 358 Å². The van der Waals surface area contributed by atoms with E-state index in [-0.39, 0.29) is 26.0 Å². The number of carbonyl (C=O) groups excluding carboxylic acids is 8. The van der Waals surface area contributed by atoms with Crippen LogP contribution in [-0.4, -0.2) is 138 Å². The van der Waals surface area contributed by atoms with Crippen molar-refractivity contribution in [1.82, 2.24) is 37.2 Å². The molecule has 2 rings (SSSR count). The molecular weight excluding hydrogens is 812 g/mol. The lowest BCUT2D eigenvalue weighted by Crippen LogP contribution is -2.61. The molecule has 22 nitrogen and oxygen atoms in total. The average molecular weight is 873 g/mol. The summed E-state index contributed by atoms with van der Waals surface area (Å²) in [6, 6.07) is 3.26. The summed E-state index contributed by atoms with van der Waals surface area (Å²) < 4.78 is 0. The van der Waals surface area contributed by atoms with Crippen molar-refractivity contribution in [3.63, 3.8) is 0 Å². The van der Waals surface area contributed by atoms with Crippen molar-refractivity contribution in [2.75, 3.05) is 32.8 Å². The van der Waals surface area contributed by atoms with Crippen LogP contribution in [0.5, 0.6) is 0 Å². The SMILES string of the molecule is CC(C)C(NC(=O)C(CO)NC(=O)C(CC(N)=O)NC(=O)C(Cc1ccc2ccccc2c1)NC(=O)C(CC(=O)O)NC(=O)C(N)CCCCN)C(=O)NCC(=O)NCCCO. The number of primary amides is 1. The van der Waals surface area contributed by atoms with E-state index in [0.717, 1.165) is 10.8 Å². The van der Waals surface area contributed by atoms with Gasteiger partial charge in [-0.3, -0.25) is 43.2 Å². The van der Waals surface area contributed by atoms with Crippen LogP contribution in [0, 0.1) is 5.92 Å². The van der Waals surface area contributed by atoms with Crippen LogP contribution in [0.1, 0.15) is 57.9 Å². The number of nitrogens with two attached hydrogens (primary N) is 3. The number of nitrogens with one attached hydrogen (secondary N) is 7. The highest BCUT2D eigenvalue weighted by atomic mass is 16.4. The highest BCUT2D eigenvalue weighted by Gasteiger charge is 2.34. The third-order valence-corrected chi connectivity index (χ3v) is 9.39. The van der Waals surface area contributed by atoms with E-state index in [1.54, 1.807) is 44.2 Å². The molecule has 62 heavy (non-hydrogen) atoms. The topological polar surface area (TPSA) is 377 Å². The zero-order chi connectivity index (χ0) is 46.4. The van der Waals surface area contributed by atoms with E-state index in [4.69, 9.17) is 22.3 Å². The third kappa shape index (κ3) is 18.2. The monoisotopic (exact) mass is 872 g/mol. The minimum Gasteiger partial charge on any atom is -0.481 e. The van der Waals surface area contributed by atoms with E-state index < -0.39 is 121 Å². The quantitative estimate of drug-likeness (QED) is 0.0362. The Hall–Kier alpha value is -6.23. The molecule has 6 unspecified atom stereocenters. The van der Waals surface area contributed by atoms with E-state index in [2.05, 4.69) is 37.2 Å². The van der Waals surface area contributed by atoms with Gasteiger partial charge in [-0.15, -0.1) is 0 Å². The average Bonchev–Trinajstić information content (AvgIpc) is 3.22. The fourth-order valence-electron chi connectivity index (χ4n) is 5.97. The van der Waals surface area contributed by atoms with Crippen molar-refractivity contribution < 1.29 is 58.5 Å². The normalized spacial score (nSPS) is 13.9. The highest BCUT2D eigenvalue weighted by Crippen LogP contribution is 2.17. The summed E-state index contributed by atoms with van der Waals surface area (Å²) in [6.45, 7) is 2.09.